The van der Waals surface area contributed by atoms with Crippen LogP contribution in [0.2, 0.25) is 0 Å². The molecule has 2 aromatic heterocycles. The Balaban J connectivity index is 1.62. The van der Waals surface area contributed by atoms with Gasteiger partial charge in [0.1, 0.15) is 17.1 Å². The number of rotatable bonds is 11. The quantitative estimate of drug-likeness (QED) is 0.251. The summed E-state index contributed by atoms with van der Waals surface area (Å²) in [4.78, 5) is 23.3. The first-order valence-electron chi connectivity index (χ1n) is 14.5. The lowest BCUT2D eigenvalue weighted by atomic mass is 10.1. The van der Waals surface area contributed by atoms with Gasteiger partial charge in [-0.15, -0.1) is 0 Å². The normalized spacial score (nSPS) is 15.1. The number of aryl methyl sites for hydroxylation is 1. The van der Waals surface area contributed by atoms with Crippen molar-refractivity contribution in [2.75, 3.05) is 50.8 Å². The van der Waals surface area contributed by atoms with E-state index in [0.29, 0.717) is 73.1 Å². The number of nitrogens with one attached hydrogen (secondary N) is 2. The summed E-state index contributed by atoms with van der Waals surface area (Å²) in [6.45, 7) is 6.40. The highest BCUT2D eigenvalue weighted by Crippen LogP contribution is 2.33. The number of benzene rings is 2. The van der Waals surface area contributed by atoms with Crippen molar-refractivity contribution in [3.05, 3.63) is 58.5 Å². The zero-order valence-electron chi connectivity index (χ0n) is 25.2. The smallest absolute Gasteiger partial charge is 0.279 e. The number of hydrogen-bond donors (Lipinski definition) is 2. The fourth-order valence-electron chi connectivity index (χ4n) is 5.08. The number of aromatic amines is 1. The van der Waals surface area contributed by atoms with Gasteiger partial charge in [-0.05, 0) is 62.4 Å². The number of H-pyrrole nitrogens is 1. The Morgan fingerprint density at radius 3 is 2.30 bits per heavy atom. The molecule has 0 aliphatic carbocycles. The van der Waals surface area contributed by atoms with Crippen LogP contribution in [0.3, 0.4) is 0 Å². The molecular formula is C29H37N7O6S2. The van der Waals surface area contributed by atoms with Gasteiger partial charge in [-0.1, -0.05) is 20.3 Å². The minimum atomic E-state index is -3.80. The van der Waals surface area contributed by atoms with Gasteiger partial charge in [0, 0.05) is 31.9 Å². The summed E-state index contributed by atoms with van der Waals surface area (Å²) in [6, 6.07) is 11.3. The minimum Gasteiger partial charge on any atom is -0.493 e. The Hall–Kier alpha value is -3.79. The van der Waals surface area contributed by atoms with Crippen molar-refractivity contribution in [2.24, 2.45) is 0 Å². The van der Waals surface area contributed by atoms with Crippen LogP contribution in [0.4, 0.5) is 5.69 Å². The van der Waals surface area contributed by atoms with Crippen LogP contribution < -0.4 is 15.0 Å². The fourth-order valence-corrected chi connectivity index (χ4v) is 7.09. The summed E-state index contributed by atoms with van der Waals surface area (Å²) < 4.78 is 62.0. The molecule has 1 saturated heterocycles. The third-order valence-electron chi connectivity index (χ3n) is 7.29. The van der Waals surface area contributed by atoms with Gasteiger partial charge in [-0.3, -0.25) is 9.52 Å². The average molecular weight is 644 g/mol. The molecule has 0 spiro atoms. The van der Waals surface area contributed by atoms with E-state index in [4.69, 9.17) is 9.72 Å². The highest BCUT2D eigenvalue weighted by Gasteiger charge is 2.29. The number of anilines is 1. The average Bonchev–Trinajstić information content (AvgIpc) is 3.34. The van der Waals surface area contributed by atoms with Crippen LogP contribution in [-0.2, 0) is 26.5 Å². The lowest BCUT2D eigenvalue weighted by Gasteiger charge is -2.31. The maximum atomic E-state index is 13.6. The van der Waals surface area contributed by atoms with Crippen LogP contribution in [0, 0.1) is 0 Å². The van der Waals surface area contributed by atoms with Crippen molar-refractivity contribution < 1.29 is 21.6 Å². The Morgan fingerprint density at radius 1 is 0.955 bits per heavy atom. The number of aromatic nitrogens is 4. The molecule has 4 aromatic rings. The Bertz CT molecular complexity index is 1930. The Labute approximate surface area is 257 Å². The molecule has 1 aliphatic heterocycles. The Morgan fingerprint density at radius 2 is 1.66 bits per heavy atom. The van der Waals surface area contributed by atoms with E-state index in [9.17, 15) is 21.6 Å². The molecule has 0 amide bonds. The fraction of sp³-hybridized carbons (Fsp3) is 0.414. The van der Waals surface area contributed by atoms with Crippen LogP contribution >= 0.6 is 0 Å². The number of fused-ring (bicyclic) bond motifs is 1. The zero-order valence-corrected chi connectivity index (χ0v) is 26.8. The maximum Gasteiger partial charge on any atom is 0.279 e. The maximum absolute atomic E-state index is 13.6. The van der Waals surface area contributed by atoms with Crippen molar-refractivity contribution in [2.45, 2.75) is 38.0 Å². The van der Waals surface area contributed by atoms with E-state index in [1.54, 1.807) is 35.0 Å². The molecule has 5 rings (SSSR count). The molecule has 2 aromatic carbocycles. The van der Waals surface area contributed by atoms with Gasteiger partial charge in [0.25, 0.3) is 5.56 Å². The van der Waals surface area contributed by atoms with Crippen molar-refractivity contribution in [1.82, 2.24) is 29.0 Å². The van der Waals surface area contributed by atoms with Gasteiger partial charge in [0.2, 0.25) is 20.0 Å². The second kappa shape index (κ2) is 12.7. The van der Waals surface area contributed by atoms with Crippen LogP contribution in [0.1, 0.15) is 32.4 Å². The highest BCUT2D eigenvalue weighted by molar-refractivity contribution is 7.92. The van der Waals surface area contributed by atoms with Crippen LogP contribution in [-0.4, -0.2) is 91.9 Å². The van der Waals surface area contributed by atoms with E-state index in [-0.39, 0.29) is 16.2 Å². The summed E-state index contributed by atoms with van der Waals surface area (Å²) in [6.07, 6.45) is 3.09. The third kappa shape index (κ3) is 6.65. The summed E-state index contributed by atoms with van der Waals surface area (Å²) in [5.74, 6) is 0.582. The van der Waals surface area contributed by atoms with Gasteiger partial charge in [-0.2, -0.15) is 9.40 Å². The summed E-state index contributed by atoms with van der Waals surface area (Å²) in [5.41, 5.74) is 2.11. The molecular weight excluding hydrogens is 606 g/mol. The van der Waals surface area contributed by atoms with Gasteiger partial charge < -0.3 is 14.6 Å². The summed E-state index contributed by atoms with van der Waals surface area (Å²) in [7, 11) is -5.28. The molecule has 13 nitrogen and oxygen atoms in total. The van der Waals surface area contributed by atoms with E-state index >= 15 is 0 Å². The molecule has 0 radical (unpaired) electrons. The van der Waals surface area contributed by atoms with Crippen LogP contribution in [0.25, 0.3) is 28.1 Å². The minimum absolute atomic E-state index is 0.0934. The SMILES string of the molecule is CCCOc1ccc(S(=O)(=O)N2CCN(C)CC2)cc1-c1nc2c(CCC)n(-c3ccc(NS(C)(=O)=O)cc3)nc2c(=O)[nH]1. The topological polar surface area (TPSA) is 160 Å². The third-order valence-corrected chi connectivity index (χ3v) is 9.79. The van der Waals surface area contributed by atoms with E-state index in [0.717, 1.165) is 19.1 Å². The second-order valence-electron chi connectivity index (χ2n) is 10.9. The van der Waals surface area contributed by atoms with Crippen LogP contribution in [0.5, 0.6) is 5.75 Å². The molecule has 0 bridgehead atoms. The largest absolute Gasteiger partial charge is 0.493 e. The first kappa shape index (κ1) is 31.6. The van der Waals surface area contributed by atoms with E-state index in [1.807, 2.05) is 20.9 Å². The zero-order chi connectivity index (χ0) is 31.6. The molecule has 1 fully saturated rings. The lowest BCUT2D eigenvalue weighted by Crippen LogP contribution is -2.47. The van der Waals surface area contributed by atoms with Gasteiger partial charge in [0.05, 0.1) is 34.7 Å². The van der Waals surface area contributed by atoms with Gasteiger partial charge in [0.15, 0.2) is 5.52 Å². The predicted molar refractivity (Wildman–Crippen MR) is 169 cm³/mol. The molecule has 0 unspecified atom stereocenters. The number of hydrogen-bond acceptors (Lipinski definition) is 9. The standard InChI is InChI=1S/C29H37N7O6S2/c1-5-7-24-26-27(32-36(24)21-10-8-20(9-11-21)33-43(4,38)39)29(37)31-28(30-26)23-19-22(12-13-25(23)42-18-6-2)44(40,41)35-16-14-34(3)15-17-35/h8-13,19,33H,5-7,14-18H2,1-4H3,(H,30,31,37). The van der Waals surface area contributed by atoms with Crippen molar-refractivity contribution >= 4 is 36.8 Å². The second-order valence-corrected chi connectivity index (χ2v) is 14.5. The van der Waals surface area contributed by atoms with E-state index in [1.165, 1.54) is 16.4 Å². The molecule has 2 N–H and O–H groups in total. The number of sulfonamides is 2. The molecule has 3 heterocycles. The number of likely N-dealkylation sites (N-methyl/N-ethyl adjacent to an activating group) is 1. The number of ether oxygens (including phenoxy) is 1. The van der Waals surface area contributed by atoms with Crippen molar-refractivity contribution in [3.63, 3.8) is 0 Å². The first-order valence-corrected chi connectivity index (χ1v) is 17.8. The molecule has 1 aliphatic rings. The van der Waals surface area contributed by atoms with Crippen molar-refractivity contribution in [3.8, 4) is 22.8 Å². The molecule has 236 valence electrons. The van der Waals surface area contributed by atoms with E-state index < -0.39 is 25.6 Å². The monoisotopic (exact) mass is 643 g/mol. The van der Waals surface area contributed by atoms with Crippen molar-refractivity contribution in [1.29, 1.82) is 0 Å². The van der Waals surface area contributed by atoms with Gasteiger partial charge >= 0.3 is 0 Å². The number of piperazine rings is 1. The highest BCUT2D eigenvalue weighted by atomic mass is 32.2. The molecule has 0 saturated carbocycles. The first-order chi connectivity index (χ1) is 20.9. The molecule has 0 atom stereocenters. The summed E-state index contributed by atoms with van der Waals surface area (Å²) >= 11 is 0. The molecule has 44 heavy (non-hydrogen) atoms. The van der Waals surface area contributed by atoms with Crippen LogP contribution in [0.15, 0.2) is 52.2 Å². The van der Waals surface area contributed by atoms with Gasteiger partial charge in [-0.25, -0.2) is 26.5 Å². The number of nitrogens with zero attached hydrogens (tertiary/aromatic N) is 5. The molecule has 15 heteroatoms. The Kier molecular flexibility index (Phi) is 9.11. The lowest BCUT2D eigenvalue weighted by molar-refractivity contribution is 0.222. The van der Waals surface area contributed by atoms with E-state index in [2.05, 4.69) is 19.7 Å². The summed E-state index contributed by atoms with van der Waals surface area (Å²) in [5, 5.41) is 4.57. The predicted octanol–water partition coefficient (Wildman–Crippen LogP) is 2.82.